The van der Waals surface area contributed by atoms with Crippen molar-refractivity contribution < 1.29 is 0 Å². The van der Waals surface area contributed by atoms with Gasteiger partial charge in [-0.05, 0) is 25.3 Å². The minimum absolute atomic E-state index is 0. The molecule has 102 valence electrons. The van der Waals surface area contributed by atoms with Gasteiger partial charge in [0.15, 0.2) is 0 Å². The Morgan fingerprint density at radius 2 is 1.94 bits per heavy atom. The van der Waals surface area contributed by atoms with Gasteiger partial charge in [0.25, 0.3) is 0 Å². The maximum Gasteiger partial charge on any atom is 0.0221 e. The molecule has 0 aromatic rings. The Morgan fingerprint density at radius 3 is 2.65 bits per heavy atom. The van der Waals surface area contributed by atoms with E-state index < -0.39 is 0 Å². The van der Waals surface area contributed by atoms with Crippen LogP contribution in [0.1, 0.15) is 51.9 Å². The molecule has 2 aliphatic rings. The molecule has 1 unspecified atom stereocenters. The van der Waals surface area contributed by atoms with Crippen LogP contribution >= 0.6 is 12.4 Å². The predicted octanol–water partition coefficient (Wildman–Crippen LogP) is 3.06. The fourth-order valence-electron chi connectivity index (χ4n) is 3.36. The van der Waals surface area contributed by atoms with Gasteiger partial charge in [-0.2, -0.15) is 0 Å². The molecule has 1 N–H and O–H groups in total. The second kappa shape index (κ2) is 8.34. The molecule has 3 heteroatoms. The van der Waals surface area contributed by atoms with Crippen molar-refractivity contribution in [3.8, 4) is 0 Å². The lowest BCUT2D eigenvalue weighted by Gasteiger charge is -2.36. The lowest BCUT2D eigenvalue weighted by molar-refractivity contribution is 0.143. The van der Waals surface area contributed by atoms with Crippen molar-refractivity contribution >= 4 is 12.4 Å². The molecule has 1 saturated heterocycles. The zero-order chi connectivity index (χ0) is 11.2. The van der Waals surface area contributed by atoms with Gasteiger partial charge in [-0.1, -0.05) is 39.0 Å². The summed E-state index contributed by atoms with van der Waals surface area (Å²) in [5, 5.41) is 3.54. The van der Waals surface area contributed by atoms with Crippen molar-refractivity contribution in [3.05, 3.63) is 0 Å². The van der Waals surface area contributed by atoms with Crippen LogP contribution in [0.2, 0.25) is 0 Å². The van der Waals surface area contributed by atoms with Gasteiger partial charge in [-0.15, -0.1) is 12.4 Å². The summed E-state index contributed by atoms with van der Waals surface area (Å²) in [5.74, 6) is 1.05. The normalized spacial score (nSPS) is 27.0. The molecule has 2 rings (SSSR count). The molecule has 1 heterocycles. The topological polar surface area (TPSA) is 15.3 Å². The van der Waals surface area contributed by atoms with E-state index in [4.69, 9.17) is 0 Å². The van der Waals surface area contributed by atoms with E-state index in [-0.39, 0.29) is 12.4 Å². The Morgan fingerprint density at radius 1 is 1.18 bits per heavy atom. The summed E-state index contributed by atoms with van der Waals surface area (Å²) in [4.78, 5) is 2.75. The summed E-state index contributed by atoms with van der Waals surface area (Å²) in [5.41, 5.74) is 0. The smallest absolute Gasteiger partial charge is 0.0221 e. The van der Waals surface area contributed by atoms with Gasteiger partial charge in [0.2, 0.25) is 0 Å². The number of nitrogens with one attached hydrogen (secondary N) is 1. The van der Waals surface area contributed by atoms with Crippen LogP contribution in [-0.4, -0.2) is 37.1 Å². The van der Waals surface area contributed by atoms with Gasteiger partial charge in [0, 0.05) is 25.7 Å². The highest BCUT2D eigenvalue weighted by Crippen LogP contribution is 2.28. The molecule has 1 saturated carbocycles. The number of hydrogen-bond acceptors (Lipinski definition) is 2. The molecule has 0 bridgehead atoms. The van der Waals surface area contributed by atoms with Gasteiger partial charge in [-0.3, -0.25) is 4.90 Å². The van der Waals surface area contributed by atoms with Crippen LogP contribution in [0.15, 0.2) is 0 Å². The van der Waals surface area contributed by atoms with Crippen LogP contribution in [0.3, 0.4) is 0 Å². The molecule has 0 spiro atoms. The van der Waals surface area contributed by atoms with Gasteiger partial charge in [0.1, 0.15) is 0 Å². The molecule has 1 aliphatic carbocycles. The van der Waals surface area contributed by atoms with Crippen molar-refractivity contribution in [2.24, 2.45) is 5.92 Å². The van der Waals surface area contributed by atoms with E-state index in [1.54, 1.807) is 0 Å². The fourth-order valence-corrected chi connectivity index (χ4v) is 3.36. The first kappa shape index (κ1) is 15.3. The summed E-state index contributed by atoms with van der Waals surface area (Å²) >= 11 is 0. The van der Waals surface area contributed by atoms with Crippen LogP contribution in [0, 0.1) is 5.92 Å². The zero-order valence-corrected chi connectivity index (χ0v) is 12.1. The molecular formula is C14H29ClN2. The standard InChI is InChI=1S/C14H28N2.ClH/c1-2-5-14-12-15-9-11-16(14)10-8-13-6-3-4-7-13;/h13-15H,2-12H2,1H3;1H. The largest absolute Gasteiger partial charge is 0.314 e. The Balaban J connectivity index is 0.00000144. The minimum Gasteiger partial charge on any atom is -0.314 e. The number of hydrogen-bond donors (Lipinski definition) is 1. The Bertz CT molecular complexity index is 191. The van der Waals surface area contributed by atoms with Crippen LogP contribution in [0.4, 0.5) is 0 Å². The van der Waals surface area contributed by atoms with Gasteiger partial charge >= 0.3 is 0 Å². The Kier molecular flexibility index (Phi) is 7.49. The van der Waals surface area contributed by atoms with E-state index in [0.717, 1.165) is 12.0 Å². The molecule has 2 nitrogen and oxygen atoms in total. The van der Waals surface area contributed by atoms with Crippen LogP contribution in [0.25, 0.3) is 0 Å². The van der Waals surface area contributed by atoms with Crippen LogP contribution in [0.5, 0.6) is 0 Å². The fraction of sp³-hybridized carbons (Fsp3) is 1.00. The monoisotopic (exact) mass is 260 g/mol. The molecular weight excluding hydrogens is 232 g/mol. The van der Waals surface area contributed by atoms with Crippen molar-refractivity contribution in [3.63, 3.8) is 0 Å². The molecule has 17 heavy (non-hydrogen) atoms. The first-order valence-corrected chi connectivity index (χ1v) is 7.35. The number of nitrogens with zero attached hydrogens (tertiary/aromatic N) is 1. The number of halogens is 1. The van der Waals surface area contributed by atoms with Gasteiger partial charge in [0.05, 0.1) is 0 Å². The molecule has 0 amide bonds. The third kappa shape index (κ3) is 4.76. The van der Waals surface area contributed by atoms with Crippen molar-refractivity contribution in [2.45, 2.75) is 57.9 Å². The van der Waals surface area contributed by atoms with Crippen LogP contribution in [-0.2, 0) is 0 Å². The highest BCUT2D eigenvalue weighted by molar-refractivity contribution is 5.85. The van der Waals surface area contributed by atoms with Crippen molar-refractivity contribution in [1.82, 2.24) is 10.2 Å². The molecule has 2 fully saturated rings. The minimum atomic E-state index is 0. The lowest BCUT2D eigenvalue weighted by Crippen LogP contribution is -2.51. The van der Waals surface area contributed by atoms with Crippen molar-refractivity contribution in [2.75, 3.05) is 26.2 Å². The molecule has 1 aliphatic heterocycles. The number of piperazine rings is 1. The molecule has 1 atom stereocenters. The van der Waals surface area contributed by atoms with E-state index >= 15 is 0 Å². The van der Waals surface area contributed by atoms with Crippen LogP contribution < -0.4 is 5.32 Å². The average molecular weight is 261 g/mol. The van der Waals surface area contributed by atoms with Crippen molar-refractivity contribution in [1.29, 1.82) is 0 Å². The second-order valence-electron chi connectivity index (χ2n) is 5.62. The SMILES string of the molecule is CCCC1CNCCN1CCC1CCCC1.Cl. The van der Waals surface area contributed by atoms with Gasteiger partial charge < -0.3 is 5.32 Å². The van der Waals surface area contributed by atoms with E-state index in [1.165, 1.54) is 71.1 Å². The predicted molar refractivity (Wildman–Crippen MR) is 77.0 cm³/mol. The number of rotatable bonds is 5. The first-order chi connectivity index (χ1) is 7.90. The van der Waals surface area contributed by atoms with Gasteiger partial charge in [-0.25, -0.2) is 0 Å². The average Bonchev–Trinajstić information content (AvgIpc) is 2.81. The Hall–Kier alpha value is 0.210. The van der Waals surface area contributed by atoms with E-state index in [9.17, 15) is 0 Å². The summed E-state index contributed by atoms with van der Waals surface area (Å²) in [7, 11) is 0. The summed E-state index contributed by atoms with van der Waals surface area (Å²) in [6.07, 6.45) is 10.1. The lowest BCUT2D eigenvalue weighted by atomic mass is 10.0. The summed E-state index contributed by atoms with van der Waals surface area (Å²) in [6, 6.07) is 0.820. The molecule has 0 radical (unpaired) electrons. The first-order valence-electron chi connectivity index (χ1n) is 7.35. The maximum absolute atomic E-state index is 3.54. The third-order valence-corrected chi connectivity index (χ3v) is 4.39. The zero-order valence-electron chi connectivity index (χ0n) is 11.3. The molecule has 0 aromatic heterocycles. The maximum atomic E-state index is 3.54. The Labute approximate surface area is 113 Å². The summed E-state index contributed by atoms with van der Waals surface area (Å²) in [6.45, 7) is 7.36. The van der Waals surface area contributed by atoms with E-state index in [2.05, 4.69) is 17.1 Å². The van der Waals surface area contributed by atoms with E-state index in [1.807, 2.05) is 0 Å². The second-order valence-corrected chi connectivity index (χ2v) is 5.62. The quantitative estimate of drug-likeness (QED) is 0.817. The third-order valence-electron chi connectivity index (χ3n) is 4.39. The van der Waals surface area contributed by atoms with E-state index in [0.29, 0.717) is 0 Å². The highest BCUT2D eigenvalue weighted by Gasteiger charge is 2.22. The highest BCUT2D eigenvalue weighted by atomic mass is 35.5. The molecule has 0 aromatic carbocycles. The summed E-state index contributed by atoms with van der Waals surface area (Å²) < 4.78 is 0.